The predicted molar refractivity (Wildman–Crippen MR) is 94.4 cm³/mol. The second kappa shape index (κ2) is 8.68. The Bertz CT molecular complexity index is 913. The SMILES string of the molecule is O=C(Cc1ccc([N+](=O)[O-])cc1)N[C@H](C(=O)O)[C@H](O)c1cccc([N+](=O)[O-])c1. The van der Waals surface area contributed by atoms with E-state index in [2.05, 4.69) is 5.32 Å². The average Bonchev–Trinajstić information content (AvgIpc) is 2.65. The van der Waals surface area contributed by atoms with E-state index >= 15 is 0 Å². The highest BCUT2D eigenvalue weighted by molar-refractivity contribution is 5.85. The summed E-state index contributed by atoms with van der Waals surface area (Å²) < 4.78 is 0. The number of nitro benzene ring substituents is 2. The number of amides is 1. The van der Waals surface area contributed by atoms with Crippen LogP contribution in [0.5, 0.6) is 0 Å². The molecular weight excluding hydrogens is 374 g/mol. The standard InChI is InChI=1S/C17H15N3O8/c21-14(8-10-4-6-12(7-5-10)19(25)26)18-15(17(23)24)16(22)11-2-1-3-13(9-11)20(27)28/h1-7,9,15-16,22H,8H2,(H,18,21)(H,23,24)/t15-,16+/m0/s1. The average molecular weight is 389 g/mol. The topological polar surface area (TPSA) is 173 Å². The number of non-ortho nitro benzene ring substituents is 2. The van der Waals surface area contributed by atoms with E-state index in [1.165, 1.54) is 42.5 Å². The molecule has 2 rings (SSSR count). The highest BCUT2D eigenvalue weighted by Crippen LogP contribution is 2.22. The van der Waals surface area contributed by atoms with E-state index in [0.717, 1.165) is 6.07 Å². The van der Waals surface area contributed by atoms with Crippen molar-refractivity contribution in [3.8, 4) is 0 Å². The molecule has 0 heterocycles. The third-order valence-corrected chi connectivity index (χ3v) is 3.83. The summed E-state index contributed by atoms with van der Waals surface area (Å²) >= 11 is 0. The molecule has 0 aliphatic carbocycles. The summed E-state index contributed by atoms with van der Waals surface area (Å²) in [5, 5.41) is 43.2. The number of hydrogen-bond donors (Lipinski definition) is 3. The van der Waals surface area contributed by atoms with Crippen LogP contribution in [0.25, 0.3) is 0 Å². The number of benzene rings is 2. The van der Waals surface area contributed by atoms with E-state index in [1.54, 1.807) is 0 Å². The Labute approximate surface area is 157 Å². The lowest BCUT2D eigenvalue weighted by Crippen LogP contribution is -2.45. The van der Waals surface area contributed by atoms with Crippen molar-refractivity contribution in [1.82, 2.24) is 5.32 Å². The summed E-state index contributed by atoms with van der Waals surface area (Å²) in [6.45, 7) is 0. The monoisotopic (exact) mass is 389 g/mol. The number of rotatable bonds is 8. The van der Waals surface area contributed by atoms with E-state index in [1.807, 2.05) is 0 Å². The molecule has 11 heteroatoms. The van der Waals surface area contributed by atoms with Gasteiger partial charge in [-0.3, -0.25) is 25.0 Å². The normalized spacial score (nSPS) is 12.6. The van der Waals surface area contributed by atoms with Gasteiger partial charge in [0.25, 0.3) is 11.4 Å². The number of hydrogen-bond acceptors (Lipinski definition) is 7. The summed E-state index contributed by atoms with van der Waals surface area (Å²) in [7, 11) is 0. The number of nitrogens with one attached hydrogen (secondary N) is 1. The van der Waals surface area contributed by atoms with E-state index in [4.69, 9.17) is 0 Å². The van der Waals surface area contributed by atoms with Gasteiger partial charge in [0.2, 0.25) is 5.91 Å². The molecule has 2 atom stereocenters. The Morgan fingerprint density at radius 1 is 1.00 bits per heavy atom. The van der Waals surface area contributed by atoms with E-state index in [-0.39, 0.29) is 23.4 Å². The van der Waals surface area contributed by atoms with Gasteiger partial charge in [-0.05, 0) is 11.1 Å². The number of nitrogens with zero attached hydrogens (tertiary/aromatic N) is 2. The lowest BCUT2D eigenvalue weighted by molar-refractivity contribution is -0.385. The Hall–Kier alpha value is -3.86. The highest BCUT2D eigenvalue weighted by Gasteiger charge is 2.30. The Morgan fingerprint density at radius 3 is 2.14 bits per heavy atom. The molecular formula is C17H15N3O8. The van der Waals surface area contributed by atoms with Crippen molar-refractivity contribution in [2.75, 3.05) is 0 Å². The van der Waals surface area contributed by atoms with Crippen LogP contribution in [0.3, 0.4) is 0 Å². The van der Waals surface area contributed by atoms with Crippen LogP contribution in [0.4, 0.5) is 11.4 Å². The number of carboxylic acid groups (broad SMARTS) is 1. The van der Waals surface area contributed by atoms with Gasteiger partial charge in [0.15, 0.2) is 6.04 Å². The number of carboxylic acids is 1. The fraction of sp³-hybridized carbons (Fsp3) is 0.176. The summed E-state index contributed by atoms with van der Waals surface area (Å²) in [5.41, 5.74) is -0.138. The van der Waals surface area contributed by atoms with Crippen LogP contribution in [0.1, 0.15) is 17.2 Å². The van der Waals surface area contributed by atoms with Crippen molar-refractivity contribution in [2.24, 2.45) is 0 Å². The summed E-state index contributed by atoms with van der Waals surface area (Å²) in [4.78, 5) is 43.7. The molecule has 0 aromatic heterocycles. The van der Waals surface area contributed by atoms with E-state index in [9.17, 15) is 40.0 Å². The number of aliphatic carboxylic acids is 1. The molecule has 0 aliphatic rings. The molecule has 0 unspecified atom stereocenters. The number of aliphatic hydroxyl groups is 1. The first-order valence-corrected chi connectivity index (χ1v) is 7.87. The van der Waals surface area contributed by atoms with Crippen LogP contribution < -0.4 is 5.32 Å². The lowest BCUT2D eigenvalue weighted by Gasteiger charge is -2.20. The van der Waals surface area contributed by atoms with Gasteiger partial charge in [0, 0.05) is 24.3 Å². The molecule has 0 spiro atoms. The minimum absolute atomic E-state index is 0.0442. The molecule has 0 aliphatic heterocycles. The molecule has 28 heavy (non-hydrogen) atoms. The molecule has 0 saturated heterocycles. The predicted octanol–water partition coefficient (Wildman–Crippen LogP) is 1.35. The van der Waals surface area contributed by atoms with Gasteiger partial charge in [-0.1, -0.05) is 24.3 Å². The van der Waals surface area contributed by atoms with Crippen LogP contribution in [0, 0.1) is 20.2 Å². The molecule has 0 radical (unpaired) electrons. The summed E-state index contributed by atoms with van der Waals surface area (Å²) in [5.74, 6) is -2.28. The van der Waals surface area contributed by atoms with Crippen LogP contribution in [0.2, 0.25) is 0 Å². The fourth-order valence-corrected chi connectivity index (χ4v) is 2.44. The quantitative estimate of drug-likeness (QED) is 0.448. The Balaban J connectivity index is 2.12. The summed E-state index contributed by atoms with van der Waals surface area (Å²) in [6.07, 6.45) is -2.00. The van der Waals surface area contributed by atoms with Crippen molar-refractivity contribution in [2.45, 2.75) is 18.6 Å². The maximum atomic E-state index is 12.1. The maximum Gasteiger partial charge on any atom is 0.329 e. The molecule has 3 N–H and O–H groups in total. The number of aliphatic hydroxyl groups excluding tert-OH is 1. The highest BCUT2D eigenvalue weighted by atomic mass is 16.6. The smallest absolute Gasteiger partial charge is 0.329 e. The fourth-order valence-electron chi connectivity index (χ4n) is 2.44. The third-order valence-electron chi connectivity index (χ3n) is 3.83. The minimum Gasteiger partial charge on any atom is -0.480 e. The number of carbonyl (C=O) groups is 2. The van der Waals surface area contributed by atoms with Gasteiger partial charge in [-0.15, -0.1) is 0 Å². The maximum absolute atomic E-state index is 12.1. The van der Waals surface area contributed by atoms with E-state index in [0.29, 0.717) is 5.56 Å². The zero-order valence-corrected chi connectivity index (χ0v) is 14.2. The van der Waals surface area contributed by atoms with Gasteiger partial charge in [0.05, 0.1) is 16.3 Å². The zero-order valence-electron chi connectivity index (χ0n) is 14.2. The van der Waals surface area contributed by atoms with Gasteiger partial charge < -0.3 is 15.5 Å². The van der Waals surface area contributed by atoms with Gasteiger partial charge in [-0.25, -0.2) is 4.79 Å². The van der Waals surface area contributed by atoms with Crippen molar-refractivity contribution in [1.29, 1.82) is 0 Å². The zero-order chi connectivity index (χ0) is 20.8. The molecule has 0 bridgehead atoms. The molecule has 0 saturated carbocycles. The second-order valence-electron chi connectivity index (χ2n) is 5.78. The summed E-state index contributed by atoms with van der Waals surface area (Å²) in [6, 6.07) is 8.15. The molecule has 2 aromatic carbocycles. The van der Waals surface area contributed by atoms with Gasteiger partial charge >= 0.3 is 5.97 Å². The van der Waals surface area contributed by atoms with Gasteiger partial charge in [-0.2, -0.15) is 0 Å². The van der Waals surface area contributed by atoms with Crippen molar-refractivity contribution < 1.29 is 29.6 Å². The Morgan fingerprint density at radius 2 is 1.61 bits per heavy atom. The van der Waals surface area contributed by atoms with Crippen molar-refractivity contribution in [3.63, 3.8) is 0 Å². The first kappa shape index (κ1) is 20.5. The number of carbonyl (C=O) groups excluding carboxylic acids is 1. The molecule has 1 amide bonds. The van der Waals surface area contributed by atoms with Crippen molar-refractivity contribution >= 4 is 23.3 Å². The third kappa shape index (κ3) is 5.08. The lowest BCUT2D eigenvalue weighted by atomic mass is 10.0. The largest absolute Gasteiger partial charge is 0.480 e. The van der Waals surface area contributed by atoms with Crippen LogP contribution in [-0.4, -0.2) is 38.0 Å². The molecule has 146 valence electrons. The van der Waals surface area contributed by atoms with Crippen LogP contribution in [-0.2, 0) is 16.0 Å². The van der Waals surface area contributed by atoms with Crippen LogP contribution in [0.15, 0.2) is 48.5 Å². The van der Waals surface area contributed by atoms with Gasteiger partial charge in [0.1, 0.15) is 6.10 Å². The second-order valence-corrected chi connectivity index (χ2v) is 5.78. The molecule has 11 nitrogen and oxygen atoms in total. The first-order chi connectivity index (χ1) is 13.2. The molecule has 2 aromatic rings. The van der Waals surface area contributed by atoms with Crippen LogP contribution >= 0.6 is 0 Å². The van der Waals surface area contributed by atoms with Crippen molar-refractivity contribution in [3.05, 3.63) is 79.9 Å². The molecule has 0 fully saturated rings. The first-order valence-electron chi connectivity index (χ1n) is 7.87. The minimum atomic E-state index is -1.74. The van der Waals surface area contributed by atoms with E-state index < -0.39 is 33.9 Å². The Kier molecular flexibility index (Phi) is 6.34. The number of nitro groups is 2.